The lowest BCUT2D eigenvalue weighted by molar-refractivity contribution is 0.468. The molecule has 0 aliphatic heterocycles. The topological polar surface area (TPSA) is 66.0 Å². The zero-order valence-electron chi connectivity index (χ0n) is 11.4. The standard InChI is InChI=1S/C13H19N3O3/c1-4-7-9-15-11(17)14(6-3)12(18)16(13(15)19)10-8-5-2/h3H,4-5,7-10H2,1-2H3. The summed E-state index contributed by atoms with van der Waals surface area (Å²) in [5, 5.41) is 0. The van der Waals surface area contributed by atoms with E-state index in [2.05, 4.69) is 0 Å². The predicted molar refractivity (Wildman–Crippen MR) is 73.3 cm³/mol. The fourth-order valence-corrected chi connectivity index (χ4v) is 1.76. The van der Waals surface area contributed by atoms with Gasteiger partial charge in [-0.25, -0.2) is 23.5 Å². The molecule has 0 amide bonds. The van der Waals surface area contributed by atoms with Gasteiger partial charge in [0.25, 0.3) is 0 Å². The van der Waals surface area contributed by atoms with Crippen LogP contribution in [0.1, 0.15) is 39.5 Å². The van der Waals surface area contributed by atoms with Crippen LogP contribution in [-0.2, 0) is 13.1 Å². The van der Waals surface area contributed by atoms with E-state index in [1.807, 2.05) is 19.9 Å². The van der Waals surface area contributed by atoms with Crippen LogP contribution in [0.25, 0.3) is 0 Å². The number of unbranched alkanes of at least 4 members (excludes halogenated alkanes) is 2. The van der Waals surface area contributed by atoms with Crippen molar-refractivity contribution in [2.24, 2.45) is 0 Å². The molecule has 0 radical (unpaired) electrons. The Morgan fingerprint density at radius 2 is 1.32 bits per heavy atom. The second-order valence-corrected chi connectivity index (χ2v) is 4.32. The fourth-order valence-electron chi connectivity index (χ4n) is 1.76. The highest BCUT2D eigenvalue weighted by Crippen LogP contribution is 1.90. The summed E-state index contributed by atoms with van der Waals surface area (Å²) in [6.45, 7) is 4.47. The lowest BCUT2D eigenvalue weighted by atomic mass is 10.3. The van der Waals surface area contributed by atoms with Crippen LogP contribution in [0, 0.1) is 12.5 Å². The number of hydrogen-bond donors (Lipinski definition) is 0. The molecule has 1 aromatic heterocycles. The van der Waals surface area contributed by atoms with Crippen LogP contribution in [-0.4, -0.2) is 13.7 Å². The van der Waals surface area contributed by atoms with E-state index in [0.29, 0.717) is 17.4 Å². The van der Waals surface area contributed by atoms with Gasteiger partial charge in [-0.05, 0) is 12.8 Å². The third-order valence-corrected chi connectivity index (χ3v) is 2.91. The van der Waals surface area contributed by atoms with Gasteiger partial charge in [0, 0.05) is 19.1 Å². The lowest BCUT2D eigenvalue weighted by Gasteiger charge is -2.10. The number of rotatable bonds is 6. The molecule has 0 fully saturated rings. The highest BCUT2D eigenvalue weighted by Gasteiger charge is 2.13. The van der Waals surface area contributed by atoms with Crippen molar-refractivity contribution in [1.82, 2.24) is 13.7 Å². The summed E-state index contributed by atoms with van der Waals surface area (Å²) >= 11 is 0. The average molecular weight is 265 g/mol. The van der Waals surface area contributed by atoms with Crippen LogP contribution in [0.4, 0.5) is 0 Å². The van der Waals surface area contributed by atoms with Gasteiger partial charge in [0.1, 0.15) is 0 Å². The van der Waals surface area contributed by atoms with Crippen molar-refractivity contribution in [3.8, 4) is 12.5 Å². The first kappa shape index (κ1) is 15.0. The number of nitrogens with zero attached hydrogens (tertiary/aromatic N) is 3. The van der Waals surface area contributed by atoms with Crippen LogP contribution >= 0.6 is 0 Å². The van der Waals surface area contributed by atoms with Gasteiger partial charge in [-0.15, -0.1) is 0 Å². The molecule has 0 saturated heterocycles. The van der Waals surface area contributed by atoms with Gasteiger partial charge < -0.3 is 0 Å². The molecule has 1 heterocycles. The van der Waals surface area contributed by atoms with E-state index in [4.69, 9.17) is 6.42 Å². The maximum absolute atomic E-state index is 12.1. The summed E-state index contributed by atoms with van der Waals surface area (Å²) in [7, 11) is 0. The van der Waals surface area contributed by atoms with Crippen LogP contribution in [0.5, 0.6) is 0 Å². The summed E-state index contributed by atoms with van der Waals surface area (Å²) in [4.78, 5) is 36.0. The Hall–Kier alpha value is -2.03. The van der Waals surface area contributed by atoms with Gasteiger partial charge in [-0.2, -0.15) is 4.57 Å². The van der Waals surface area contributed by atoms with Crippen molar-refractivity contribution in [1.29, 1.82) is 0 Å². The van der Waals surface area contributed by atoms with E-state index in [1.54, 1.807) is 0 Å². The summed E-state index contributed by atoms with van der Waals surface area (Å²) in [6.07, 6.45) is 8.24. The number of aromatic nitrogens is 3. The molecule has 0 spiro atoms. The summed E-state index contributed by atoms with van der Waals surface area (Å²) in [5.41, 5.74) is -2.01. The minimum Gasteiger partial charge on any atom is -0.247 e. The Balaban J connectivity index is 3.49. The Morgan fingerprint density at radius 1 is 0.895 bits per heavy atom. The maximum atomic E-state index is 12.1. The van der Waals surface area contributed by atoms with Gasteiger partial charge >= 0.3 is 17.1 Å². The Bertz CT molecular complexity index is 597. The molecule has 0 atom stereocenters. The second-order valence-electron chi connectivity index (χ2n) is 4.32. The molecule has 0 aliphatic rings. The van der Waals surface area contributed by atoms with Crippen molar-refractivity contribution in [3.63, 3.8) is 0 Å². The van der Waals surface area contributed by atoms with Crippen LogP contribution in [0.3, 0.4) is 0 Å². The van der Waals surface area contributed by atoms with Crippen molar-refractivity contribution >= 4 is 0 Å². The van der Waals surface area contributed by atoms with Crippen LogP contribution < -0.4 is 17.1 Å². The zero-order chi connectivity index (χ0) is 14.4. The Kier molecular flexibility index (Phi) is 5.37. The van der Waals surface area contributed by atoms with Crippen molar-refractivity contribution in [2.75, 3.05) is 0 Å². The first-order chi connectivity index (χ1) is 9.08. The highest BCUT2D eigenvalue weighted by molar-refractivity contribution is 4.93. The fraction of sp³-hybridized carbons (Fsp3) is 0.615. The minimum atomic E-state index is -0.723. The molecule has 6 nitrogen and oxygen atoms in total. The second kappa shape index (κ2) is 6.78. The quantitative estimate of drug-likeness (QED) is 0.691. The predicted octanol–water partition coefficient (Wildman–Crippen LogP) is 0.211. The molecule has 0 bridgehead atoms. The monoisotopic (exact) mass is 265 g/mol. The molecule has 19 heavy (non-hydrogen) atoms. The third-order valence-electron chi connectivity index (χ3n) is 2.91. The molecule has 0 saturated carbocycles. The minimum absolute atomic E-state index is 0.280. The third kappa shape index (κ3) is 3.05. The molecule has 0 aromatic carbocycles. The molecule has 0 unspecified atom stereocenters. The van der Waals surface area contributed by atoms with Crippen molar-refractivity contribution < 1.29 is 0 Å². The van der Waals surface area contributed by atoms with Gasteiger partial charge in [-0.3, -0.25) is 0 Å². The smallest absolute Gasteiger partial charge is 0.247 e. The van der Waals surface area contributed by atoms with Crippen molar-refractivity contribution in [2.45, 2.75) is 52.6 Å². The Labute approximate surface area is 111 Å². The first-order valence-corrected chi connectivity index (χ1v) is 6.51. The molecule has 104 valence electrons. The van der Waals surface area contributed by atoms with Crippen LogP contribution in [0.2, 0.25) is 0 Å². The number of terminal acetylenes is 1. The molecule has 1 aromatic rings. The molecular formula is C13H19N3O3. The van der Waals surface area contributed by atoms with E-state index in [-0.39, 0.29) is 13.1 Å². The zero-order valence-corrected chi connectivity index (χ0v) is 11.4. The maximum Gasteiger partial charge on any atom is 0.348 e. The molecule has 6 heteroatoms. The lowest BCUT2D eigenvalue weighted by Crippen LogP contribution is -2.53. The van der Waals surface area contributed by atoms with Gasteiger partial charge in [0.15, 0.2) is 0 Å². The van der Waals surface area contributed by atoms with E-state index in [0.717, 1.165) is 22.0 Å². The first-order valence-electron chi connectivity index (χ1n) is 6.51. The molecule has 1 rings (SSSR count). The molecular weight excluding hydrogens is 246 g/mol. The summed E-state index contributed by atoms with van der Waals surface area (Å²) < 4.78 is 2.74. The number of hydrogen-bond acceptors (Lipinski definition) is 3. The molecule has 0 N–H and O–H groups in total. The Morgan fingerprint density at radius 3 is 1.63 bits per heavy atom. The van der Waals surface area contributed by atoms with E-state index in [1.165, 1.54) is 0 Å². The highest BCUT2D eigenvalue weighted by atomic mass is 16.2. The van der Waals surface area contributed by atoms with Gasteiger partial charge in [0.05, 0.1) is 0 Å². The average Bonchev–Trinajstić information content (AvgIpc) is 2.39. The van der Waals surface area contributed by atoms with Gasteiger partial charge in [-0.1, -0.05) is 33.1 Å². The van der Waals surface area contributed by atoms with E-state index < -0.39 is 17.1 Å². The van der Waals surface area contributed by atoms with E-state index in [9.17, 15) is 14.4 Å². The van der Waals surface area contributed by atoms with Gasteiger partial charge in [0.2, 0.25) is 0 Å². The largest absolute Gasteiger partial charge is 0.348 e. The van der Waals surface area contributed by atoms with Crippen LogP contribution in [0.15, 0.2) is 14.4 Å². The SMILES string of the molecule is C#Cn1c(=O)n(CCCC)c(=O)n(CCCC)c1=O. The summed E-state index contributed by atoms with van der Waals surface area (Å²) in [5.74, 6) is 0. The van der Waals surface area contributed by atoms with Crippen molar-refractivity contribution in [3.05, 3.63) is 31.5 Å². The molecule has 0 aliphatic carbocycles. The van der Waals surface area contributed by atoms with E-state index >= 15 is 0 Å². The summed E-state index contributed by atoms with van der Waals surface area (Å²) in [6, 6.07) is 2.04. The normalized spacial score (nSPS) is 10.4.